The second kappa shape index (κ2) is 6.09. The second-order valence-corrected chi connectivity index (χ2v) is 7.32. The van der Waals surface area contributed by atoms with Crippen LogP contribution in [0.25, 0.3) is 0 Å². The number of nitrogens with zero attached hydrogens (tertiary/aromatic N) is 2. The first-order valence-electron chi connectivity index (χ1n) is 8.05. The van der Waals surface area contributed by atoms with E-state index in [-0.39, 0.29) is 0 Å². The van der Waals surface area contributed by atoms with Crippen molar-refractivity contribution in [2.75, 3.05) is 32.7 Å². The van der Waals surface area contributed by atoms with E-state index in [2.05, 4.69) is 37.5 Å². The molecule has 3 heteroatoms. The Labute approximate surface area is 118 Å². The molecule has 0 spiro atoms. The lowest BCUT2D eigenvalue weighted by Gasteiger charge is -2.47. The maximum absolute atomic E-state index is 14.4. The van der Waals surface area contributed by atoms with E-state index < -0.39 is 5.67 Å². The summed E-state index contributed by atoms with van der Waals surface area (Å²) in [6, 6.07) is 0.491. The normalized spacial score (nSPS) is 26.1. The molecule has 0 atom stereocenters. The molecule has 0 aromatic carbocycles. The Hall–Kier alpha value is -0.150. The fraction of sp³-hybridized carbons (Fsp3) is 1.00. The van der Waals surface area contributed by atoms with Gasteiger partial charge in [0.2, 0.25) is 0 Å². The van der Waals surface area contributed by atoms with Crippen molar-refractivity contribution >= 4 is 0 Å². The third-order valence-electron chi connectivity index (χ3n) is 5.15. The van der Waals surface area contributed by atoms with Crippen LogP contribution in [-0.2, 0) is 0 Å². The van der Waals surface area contributed by atoms with Gasteiger partial charge in [-0.15, -0.1) is 0 Å². The van der Waals surface area contributed by atoms with Gasteiger partial charge in [0.1, 0.15) is 5.67 Å². The molecule has 2 nitrogen and oxygen atoms in total. The highest BCUT2D eigenvalue weighted by molar-refractivity contribution is 4.97. The van der Waals surface area contributed by atoms with E-state index in [0.717, 1.165) is 24.8 Å². The van der Waals surface area contributed by atoms with E-state index in [1.807, 2.05) is 0 Å². The molecule has 0 amide bonds. The molecule has 0 aliphatic carbocycles. The molecule has 0 radical (unpaired) electrons. The zero-order chi connectivity index (χ0) is 14.0. The van der Waals surface area contributed by atoms with E-state index in [1.165, 1.54) is 25.9 Å². The Kier molecular flexibility index (Phi) is 4.88. The molecule has 0 bridgehead atoms. The SMILES string of the molecule is CC(C)C1CCN(CCC2(F)CN(C(C)C)C2)CC1. The van der Waals surface area contributed by atoms with Crippen LogP contribution in [0.2, 0.25) is 0 Å². The lowest BCUT2D eigenvalue weighted by molar-refractivity contribution is -0.0602. The number of hydrogen-bond acceptors (Lipinski definition) is 2. The summed E-state index contributed by atoms with van der Waals surface area (Å²) in [4.78, 5) is 4.70. The minimum Gasteiger partial charge on any atom is -0.303 e. The number of piperidine rings is 1. The molecule has 0 aromatic heterocycles. The lowest BCUT2D eigenvalue weighted by atomic mass is 9.86. The molecule has 2 aliphatic heterocycles. The summed E-state index contributed by atoms with van der Waals surface area (Å²) in [5.41, 5.74) is -0.904. The maximum Gasteiger partial charge on any atom is 0.137 e. The highest BCUT2D eigenvalue weighted by Crippen LogP contribution is 2.31. The Bertz CT molecular complexity index is 276. The van der Waals surface area contributed by atoms with E-state index in [1.54, 1.807) is 0 Å². The molecule has 2 saturated heterocycles. The first-order valence-corrected chi connectivity index (χ1v) is 8.05. The number of halogens is 1. The van der Waals surface area contributed by atoms with Gasteiger partial charge in [-0.2, -0.15) is 0 Å². The van der Waals surface area contributed by atoms with Crippen molar-refractivity contribution in [1.29, 1.82) is 0 Å². The molecule has 19 heavy (non-hydrogen) atoms. The highest BCUT2D eigenvalue weighted by Gasteiger charge is 2.44. The van der Waals surface area contributed by atoms with Gasteiger partial charge >= 0.3 is 0 Å². The quantitative estimate of drug-likeness (QED) is 0.757. The zero-order valence-corrected chi connectivity index (χ0v) is 13.2. The maximum atomic E-state index is 14.4. The van der Waals surface area contributed by atoms with E-state index >= 15 is 0 Å². The summed E-state index contributed by atoms with van der Waals surface area (Å²) in [7, 11) is 0. The molecular weight excluding hydrogens is 239 g/mol. The molecule has 2 aliphatic rings. The monoisotopic (exact) mass is 270 g/mol. The summed E-state index contributed by atoms with van der Waals surface area (Å²) in [6.07, 6.45) is 3.33. The molecule has 2 fully saturated rings. The Morgan fingerprint density at radius 2 is 1.68 bits per heavy atom. The fourth-order valence-corrected chi connectivity index (χ4v) is 3.41. The summed E-state index contributed by atoms with van der Waals surface area (Å²) >= 11 is 0. The lowest BCUT2D eigenvalue weighted by Crippen LogP contribution is -2.61. The van der Waals surface area contributed by atoms with Crippen LogP contribution in [-0.4, -0.2) is 54.2 Å². The first-order chi connectivity index (χ1) is 8.89. The van der Waals surface area contributed by atoms with Gasteiger partial charge in [0.25, 0.3) is 0 Å². The van der Waals surface area contributed by atoms with Crippen LogP contribution >= 0.6 is 0 Å². The van der Waals surface area contributed by atoms with Crippen LogP contribution in [0, 0.1) is 11.8 Å². The third-order valence-corrected chi connectivity index (χ3v) is 5.15. The van der Waals surface area contributed by atoms with Crippen LogP contribution in [0.4, 0.5) is 4.39 Å². The smallest absolute Gasteiger partial charge is 0.137 e. The standard InChI is InChI=1S/C16H31FN2/c1-13(2)15-5-8-18(9-6-15)10-7-16(17)11-19(12-16)14(3)4/h13-15H,5-12H2,1-4H3. The minimum atomic E-state index is -0.904. The summed E-state index contributed by atoms with van der Waals surface area (Å²) in [5, 5.41) is 0. The van der Waals surface area contributed by atoms with Gasteiger partial charge in [-0.25, -0.2) is 4.39 Å². The van der Waals surface area contributed by atoms with Crippen LogP contribution in [0.5, 0.6) is 0 Å². The van der Waals surface area contributed by atoms with Gasteiger partial charge in [0, 0.05) is 25.7 Å². The second-order valence-electron chi connectivity index (χ2n) is 7.32. The van der Waals surface area contributed by atoms with E-state index in [9.17, 15) is 4.39 Å². The summed E-state index contributed by atoms with van der Waals surface area (Å²) in [6.45, 7) is 13.5. The van der Waals surface area contributed by atoms with Gasteiger partial charge in [-0.1, -0.05) is 13.8 Å². The average molecular weight is 270 g/mol. The summed E-state index contributed by atoms with van der Waals surface area (Å²) in [5.74, 6) is 1.69. The topological polar surface area (TPSA) is 6.48 Å². The largest absolute Gasteiger partial charge is 0.303 e. The van der Waals surface area contributed by atoms with Crippen molar-refractivity contribution in [1.82, 2.24) is 9.80 Å². The van der Waals surface area contributed by atoms with Crippen LogP contribution in [0.3, 0.4) is 0 Å². The fourth-order valence-electron chi connectivity index (χ4n) is 3.41. The molecule has 0 unspecified atom stereocenters. The Balaban J connectivity index is 1.65. The van der Waals surface area contributed by atoms with Gasteiger partial charge in [0.05, 0.1) is 0 Å². The zero-order valence-electron chi connectivity index (χ0n) is 13.2. The van der Waals surface area contributed by atoms with Gasteiger partial charge in [0.15, 0.2) is 0 Å². The highest BCUT2D eigenvalue weighted by atomic mass is 19.1. The Morgan fingerprint density at radius 3 is 2.16 bits per heavy atom. The van der Waals surface area contributed by atoms with Gasteiger partial charge in [-0.3, -0.25) is 4.90 Å². The molecule has 0 N–H and O–H groups in total. The van der Waals surface area contributed by atoms with Crippen molar-refractivity contribution in [2.24, 2.45) is 11.8 Å². The molecule has 0 aromatic rings. The van der Waals surface area contributed by atoms with Gasteiger partial charge < -0.3 is 4.90 Å². The number of rotatable bonds is 5. The van der Waals surface area contributed by atoms with Crippen molar-refractivity contribution in [3.63, 3.8) is 0 Å². The average Bonchev–Trinajstić information content (AvgIpc) is 2.33. The number of hydrogen-bond donors (Lipinski definition) is 0. The molecular formula is C16H31FN2. The first kappa shape index (κ1) is 15.2. The van der Waals surface area contributed by atoms with Gasteiger partial charge in [-0.05, 0) is 58.0 Å². The molecule has 0 saturated carbocycles. The van der Waals surface area contributed by atoms with Crippen molar-refractivity contribution in [2.45, 2.75) is 58.7 Å². The van der Waals surface area contributed by atoms with E-state index in [0.29, 0.717) is 19.1 Å². The van der Waals surface area contributed by atoms with Crippen LogP contribution in [0.15, 0.2) is 0 Å². The summed E-state index contributed by atoms with van der Waals surface area (Å²) < 4.78 is 14.4. The van der Waals surface area contributed by atoms with E-state index in [4.69, 9.17) is 0 Å². The Morgan fingerprint density at radius 1 is 1.11 bits per heavy atom. The number of alkyl halides is 1. The third kappa shape index (κ3) is 3.91. The molecule has 112 valence electrons. The van der Waals surface area contributed by atoms with Crippen LogP contribution in [0.1, 0.15) is 47.0 Å². The predicted molar refractivity (Wildman–Crippen MR) is 79.2 cm³/mol. The van der Waals surface area contributed by atoms with Crippen molar-refractivity contribution in [3.05, 3.63) is 0 Å². The molecule has 2 heterocycles. The van der Waals surface area contributed by atoms with Crippen LogP contribution < -0.4 is 0 Å². The predicted octanol–water partition coefficient (Wildman–Crippen LogP) is 3.18. The number of likely N-dealkylation sites (tertiary alicyclic amines) is 2. The molecule has 2 rings (SSSR count). The van der Waals surface area contributed by atoms with Crippen molar-refractivity contribution in [3.8, 4) is 0 Å². The minimum absolute atomic E-state index is 0.491. The van der Waals surface area contributed by atoms with Crippen molar-refractivity contribution < 1.29 is 4.39 Å².